The fourth-order valence-electron chi connectivity index (χ4n) is 1.77. The maximum Gasteiger partial charge on any atom is 0.407 e. The molecular weight excluding hydrogens is 206 g/mol. The first-order chi connectivity index (χ1) is 7.37. The molecule has 0 radical (unpaired) electrons. The summed E-state index contributed by atoms with van der Waals surface area (Å²) in [7, 11) is 0. The van der Waals surface area contributed by atoms with Gasteiger partial charge in [-0.25, -0.2) is 4.79 Å². The molecule has 4 nitrogen and oxygen atoms in total. The van der Waals surface area contributed by atoms with Crippen LogP contribution in [0.3, 0.4) is 0 Å². The van der Waals surface area contributed by atoms with E-state index < -0.39 is 5.60 Å². The van der Waals surface area contributed by atoms with Crippen LogP contribution in [0.4, 0.5) is 4.79 Å². The van der Waals surface area contributed by atoms with Crippen molar-refractivity contribution in [1.29, 1.82) is 0 Å². The third-order valence-electron chi connectivity index (χ3n) is 2.50. The maximum atomic E-state index is 11.5. The van der Waals surface area contributed by atoms with Gasteiger partial charge in [-0.3, -0.25) is 4.79 Å². The number of carbonyl (C=O) groups is 2. The Morgan fingerprint density at radius 2 is 2.00 bits per heavy atom. The highest BCUT2D eigenvalue weighted by atomic mass is 16.6. The van der Waals surface area contributed by atoms with Gasteiger partial charge in [0.05, 0.1) is 0 Å². The van der Waals surface area contributed by atoms with Crippen LogP contribution in [0.1, 0.15) is 52.9 Å². The van der Waals surface area contributed by atoms with Crippen LogP contribution in [-0.4, -0.2) is 23.5 Å². The molecule has 4 heteroatoms. The lowest BCUT2D eigenvalue weighted by molar-refractivity contribution is -0.118. The second kappa shape index (κ2) is 5.32. The Bertz CT molecular complexity index is 268. The lowest BCUT2D eigenvalue weighted by Crippen LogP contribution is -2.38. The smallest absolute Gasteiger partial charge is 0.407 e. The summed E-state index contributed by atoms with van der Waals surface area (Å²) in [6.07, 6.45) is 3.29. The van der Waals surface area contributed by atoms with Gasteiger partial charge >= 0.3 is 6.09 Å². The molecule has 0 aromatic rings. The zero-order valence-electron chi connectivity index (χ0n) is 10.3. The third kappa shape index (κ3) is 5.14. The van der Waals surface area contributed by atoms with Crippen LogP contribution in [0.25, 0.3) is 0 Å². The van der Waals surface area contributed by atoms with Gasteiger partial charge in [0.25, 0.3) is 0 Å². The van der Waals surface area contributed by atoms with Crippen molar-refractivity contribution in [3.63, 3.8) is 0 Å². The lowest BCUT2D eigenvalue weighted by atomic mass is 10.1. The van der Waals surface area contributed by atoms with Crippen LogP contribution in [-0.2, 0) is 9.53 Å². The fourth-order valence-corrected chi connectivity index (χ4v) is 1.77. The van der Waals surface area contributed by atoms with Crippen LogP contribution < -0.4 is 5.32 Å². The standard InChI is InChI=1S/C12H21NO3/c1-12(2,3)16-11(15)13-9-5-4-6-10(14)8-7-9/h9H,4-8H2,1-3H3,(H,13,15). The number of amides is 1. The van der Waals surface area contributed by atoms with Crippen molar-refractivity contribution < 1.29 is 14.3 Å². The molecule has 1 aliphatic rings. The minimum atomic E-state index is -0.468. The Morgan fingerprint density at radius 1 is 1.31 bits per heavy atom. The van der Waals surface area contributed by atoms with E-state index in [-0.39, 0.29) is 12.1 Å². The first-order valence-electron chi connectivity index (χ1n) is 5.88. The van der Waals surface area contributed by atoms with Crippen molar-refractivity contribution in [2.24, 2.45) is 0 Å². The molecule has 1 atom stereocenters. The number of hydrogen-bond acceptors (Lipinski definition) is 3. The van der Waals surface area contributed by atoms with Gasteiger partial charge in [-0.05, 0) is 40.0 Å². The largest absolute Gasteiger partial charge is 0.444 e. The van der Waals surface area contributed by atoms with Gasteiger partial charge in [0.15, 0.2) is 0 Å². The molecule has 1 rings (SSSR count). The van der Waals surface area contributed by atoms with Crippen LogP contribution in [0.5, 0.6) is 0 Å². The molecule has 0 aromatic carbocycles. The number of Topliss-reactive ketones (excluding diaryl/α,β-unsaturated/α-hetero) is 1. The highest BCUT2D eigenvalue weighted by Crippen LogP contribution is 2.15. The molecule has 1 N–H and O–H groups in total. The van der Waals surface area contributed by atoms with Crippen molar-refractivity contribution in [1.82, 2.24) is 5.32 Å². The van der Waals surface area contributed by atoms with Crippen molar-refractivity contribution >= 4 is 11.9 Å². The molecule has 92 valence electrons. The molecule has 16 heavy (non-hydrogen) atoms. The van der Waals surface area contributed by atoms with Gasteiger partial charge in [0.1, 0.15) is 11.4 Å². The topological polar surface area (TPSA) is 55.4 Å². The minimum absolute atomic E-state index is 0.0845. The minimum Gasteiger partial charge on any atom is -0.444 e. The van der Waals surface area contributed by atoms with Gasteiger partial charge in [0.2, 0.25) is 0 Å². The van der Waals surface area contributed by atoms with E-state index in [1.54, 1.807) is 0 Å². The summed E-state index contributed by atoms with van der Waals surface area (Å²) in [5, 5.41) is 2.82. The van der Waals surface area contributed by atoms with E-state index >= 15 is 0 Å². The van der Waals surface area contributed by atoms with Crippen molar-refractivity contribution in [2.75, 3.05) is 0 Å². The van der Waals surface area contributed by atoms with E-state index in [2.05, 4.69) is 5.32 Å². The number of alkyl carbamates (subject to hydrolysis) is 1. The van der Waals surface area contributed by atoms with E-state index in [1.807, 2.05) is 20.8 Å². The van der Waals surface area contributed by atoms with Gasteiger partial charge in [0, 0.05) is 18.9 Å². The zero-order valence-corrected chi connectivity index (χ0v) is 10.3. The lowest BCUT2D eigenvalue weighted by Gasteiger charge is -2.22. The Hall–Kier alpha value is -1.06. The molecule has 1 unspecified atom stereocenters. The summed E-state index contributed by atoms with van der Waals surface area (Å²) in [6, 6.07) is 0.0845. The second-order valence-electron chi connectivity index (χ2n) is 5.31. The van der Waals surface area contributed by atoms with Crippen molar-refractivity contribution in [3.05, 3.63) is 0 Å². The second-order valence-corrected chi connectivity index (χ2v) is 5.31. The molecule has 0 aromatic heterocycles. The molecule has 0 spiro atoms. The molecule has 0 aliphatic heterocycles. The SMILES string of the molecule is CC(C)(C)OC(=O)NC1CCCC(=O)CC1. The molecule has 1 aliphatic carbocycles. The molecule has 1 saturated carbocycles. The average molecular weight is 227 g/mol. The van der Waals surface area contributed by atoms with Crippen LogP contribution >= 0.6 is 0 Å². The van der Waals surface area contributed by atoms with Gasteiger partial charge < -0.3 is 10.1 Å². The monoisotopic (exact) mass is 227 g/mol. The number of rotatable bonds is 1. The predicted molar refractivity (Wildman–Crippen MR) is 61.2 cm³/mol. The van der Waals surface area contributed by atoms with E-state index in [0.717, 1.165) is 19.3 Å². The molecule has 1 fully saturated rings. The average Bonchev–Trinajstić information content (AvgIpc) is 2.27. The first kappa shape index (κ1) is 13.0. The summed E-state index contributed by atoms with van der Waals surface area (Å²) >= 11 is 0. The van der Waals surface area contributed by atoms with Crippen LogP contribution in [0.2, 0.25) is 0 Å². The van der Waals surface area contributed by atoms with E-state index in [0.29, 0.717) is 18.6 Å². The van der Waals surface area contributed by atoms with Crippen LogP contribution in [0.15, 0.2) is 0 Å². The van der Waals surface area contributed by atoms with E-state index in [9.17, 15) is 9.59 Å². The molecule has 0 heterocycles. The molecular formula is C12H21NO3. The Morgan fingerprint density at radius 3 is 2.62 bits per heavy atom. The molecule has 0 bridgehead atoms. The number of hydrogen-bond donors (Lipinski definition) is 1. The quantitative estimate of drug-likeness (QED) is 0.700. The third-order valence-corrected chi connectivity index (χ3v) is 2.50. The summed E-state index contributed by atoms with van der Waals surface area (Å²) < 4.78 is 5.17. The summed E-state index contributed by atoms with van der Waals surface area (Å²) in [5.41, 5.74) is -0.468. The Balaban J connectivity index is 2.36. The van der Waals surface area contributed by atoms with Crippen LogP contribution in [0, 0.1) is 0 Å². The Labute approximate surface area is 96.7 Å². The van der Waals surface area contributed by atoms with Gasteiger partial charge in [-0.1, -0.05) is 0 Å². The number of ketones is 1. The summed E-state index contributed by atoms with van der Waals surface area (Å²) in [4.78, 5) is 22.7. The molecule has 0 saturated heterocycles. The molecule has 1 amide bonds. The van der Waals surface area contributed by atoms with Crippen molar-refractivity contribution in [3.8, 4) is 0 Å². The highest BCUT2D eigenvalue weighted by Gasteiger charge is 2.21. The van der Waals surface area contributed by atoms with Gasteiger partial charge in [-0.15, -0.1) is 0 Å². The summed E-state index contributed by atoms with van der Waals surface area (Å²) in [6.45, 7) is 5.51. The fraction of sp³-hybridized carbons (Fsp3) is 0.833. The Kier molecular flexibility index (Phi) is 4.33. The zero-order chi connectivity index (χ0) is 12.2. The van der Waals surface area contributed by atoms with Crippen molar-refractivity contribution in [2.45, 2.75) is 64.5 Å². The number of carbonyl (C=O) groups excluding carboxylic acids is 2. The first-order valence-corrected chi connectivity index (χ1v) is 5.88. The van der Waals surface area contributed by atoms with E-state index in [4.69, 9.17) is 4.74 Å². The predicted octanol–water partition coefficient (Wildman–Crippen LogP) is 2.41. The number of nitrogens with one attached hydrogen (secondary N) is 1. The highest BCUT2D eigenvalue weighted by molar-refractivity contribution is 5.78. The summed E-state index contributed by atoms with van der Waals surface area (Å²) in [5.74, 6) is 0.300. The maximum absolute atomic E-state index is 11.5. The van der Waals surface area contributed by atoms with Gasteiger partial charge in [-0.2, -0.15) is 0 Å². The van der Waals surface area contributed by atoms with E-state index in [1.165, 1.54) is 0 Å². The normalized spacial score (nSPS) is 22.4. The number of ether oxygens (including phenoxy) is 1.